The van der Waals surface area contributed by atoms with E-state index in [1.54, 1.807) is 0 Å². The van der Waals surface area contributed by atoms with E-state index in [0.717, 1.165) is 6.26 Å². The molecular formula is C10H16N2O5S2. The summed E-state index contributed by atoms with van der Waals surface area (Å²) in [6, 6.07) is 5.12. The van der Waals surface area contributed by atoms with Crippen molar-refractivity contribution in [3.63, 3.8) is 0 Å². The summed E-state index contributed by atoms with van der Waals surface area (Å²) >= 11 is 0. The van der Waals surface area contributed by atoms with E-state index in [1.165, 1.54) is 24.3 Å². The molecule has 1 rings (SSSR count). The van der Waals surface area contributed by atoms with Crippen LogP contribution in [0.15, 0.2) is 29.2 Å². The highest BCUT2D eigenvalue weighted by Gasteiger charge is 2.12. The van der Waals surface area contributed by atoms with E-state index >= 15 is 0 Å². The third-order valence-corrected chi connectivity index (χ3v) is 4.36. The average Bonchev–Trinajstić information content (AvgIpc) is 2.27. The second-order valence-electron chi connectivity index (χ2n) is 3.91. The van der Waals surface area contributed by atoms with E-state index in [4.69, 9.17) is 5.11 Å². The molecule has 9 heteroatoms. The molecule has 0 heterocycles. The molecule has 0 atom stereocenters. The number of phenols is 1. The first-order valence-electron chi connectivity index (χ1n) is 5.44. The highest BCUT2D eigenvalue weighted by atomic mass is 32.2. The largest absolute Gasteiger partial charge is 0.508 e. The standard InChI is InChI=1S/C10H16N2O5S2/c1-18(14,15)11-7-2-8-12-19(16,17)10-5-3-9(13)4-6-10/h3-6,11-13H,2,7-8H2,1H3. The van der Waals surface area contributed by atoms with Crippen LogP contribution in [0.1, 0.15) is 6.42 Å². The summed E-state index contributed by atoms with van der Waals surface area (Å²) in [5, 5.41) is 9.06. The fourth-order valence-electron chi connectivity index (χ4n) is 1.26. The summed E-state index contributed by atoms with van der Waals surface area (Å²) in [5.74, 6) is -0.0173. The van der Waals surface area contributed by atoms with Crippen LogP contribution in [0.3, 0.4) is 0 Å². The van der Waals surface area contributed by atoms with Crippen molar-refractivity contribution in [1.29, 1.82) is 0 Å². The van der Waals surface area contributed by atoms with Gasteiger partial charge in [0.1, 0.15) is 5.75 Å². The highest BCUT2D eigenvalue weighted by molar-refractivity contribution is 7.89. The van der Waals surface area contributed by atoms with Gasteiger partial charge in [-0.05, 0) is 30.7 Å². The molecule has 0 saturated heterocycles. The molecule has 7 nitrogen and oxygen atoms in total. The summed E-state index contributed by atoms with van der Waals surface area (Å²) in [5.41, 5.74) is 0. The predicted molar refractivity (Wildman–Crippen MR) is 70.8 cm³/mol. The number of sulfonamides is 2. The molecule has 0 aliphatic heterocycles. The minimum absolute atomic E-state index is 0.0173. The Hall–Kier alpha value is -1.16. The first kappa shape index (κ1) is 15.9. The molecule has 3 N–H and O–H groups in total. The summed E-state index contributed by atoms with van der Waals surface area (Å²) in [4.78, 5) is 0.0429. The van der Waals surface area contributed by atoms with Crippen LogP contribution in [0.25, 0.3) is 0 Å². The van der Waals surface area contributed by atoms with Gasteiger partial charge in [0.25, 0.3) is 0 Å². The molecular weight excluding hydrogens is 292 g/mol. The molecule has 0 aromatic heterocycles. The van der Waals surface area contributed by atoms with Crippen molar-refractivity contribution in [2.75, 3.05) is 19.3 Å². The third-order valence-electron chi connectivity index (χ3n) is 2.16. The number of hydrogen-bond donors (Lipinski definition) is 3. The van der Waals surface area contributed by atoms with Gasteiger partial charge in [-0.25, -0.2) is 26.3 Å². The molecule has 0 unspecified atom stereocenters. The van der Waals surface area contributed by atoms with E-state index in [2.05, 4.69) is 9.44 Å². The number of hydrogen-bond acceptors (Lipinski definition) is 5. The average molecular weight is 308 g/mol. The van der Waals surface area contributed by atoms with Gasteiger partial charge in [0, 0.05) is 13.1 Å². The maximum absolute atomic E-state index is 11.8. The van der Waals surface area contributed by atoms with E-state index < -0.39 is 20.0 Å². The Bertz CT molecular complexity index is 608. The number of rotatable bonds is 7. The Morgan fingerprint density at radius 2 is 1.53 bits per heavy atom. The van der Waals surface area contributed by atoms with E-state index in [0.29, 0.717) is 6.42 Å². The van der Waals surface area contributed by atoms with Crippen LogP contribution in [-0.2, 0) is 20.0 Å². The molecule has 1 aromatic rings. The smallest absolute Gasteiger partial charge is 0.240 e. The van der Waals surface area contributed by atoms with Gasteiger partial charge in [0.15, 0.2) is 0 Å². The number of nitrogens with one attached hydrogen (secondary N) is 2. The molecule has 108 valence electrons. The van der Waals surface area contributed by atoms with Crippen LogP contribution in [0.5, 0.6) is 5.75 Å². The lowest BCUT2D eigenvalue weighted by Gasteiger charge is -2.07. The number of benzene rings is 1. The molecule has 0 spiro atoms. The van der Waals surface area contributed by atoms with Crippen molar-refractivity contribution >= 4 is 20.0 Å². The molecule has 0 saturated carbocycles. The fraction of sp³-hybridized carbons (Fsp3) is 0.400. The third kappa shape index (κ3) is 6.01. The van der Waals surface area contributed by atoms with Gasteiger partial charge < -0.3 is 5.11 Å². The monoisotopic (exact) mass is 308 g/mol. The van der Waals surface area contributed by atoms with Crippen molar-refractivity contribution in [3.8, 4) is 5.75 Å². The zero-order valence-electron chi connectivity index (χ0n) is 10.3. The van der Waals surface area contributed by atoms with E-state index in [-0.39, 0.29) is 23.7 Å². The van der Waals surface area contributed by atoms with Crippen molar-refractivity contribution in [1.82, 2.24) is 9.44 Å². The predicted octanol–water partition coefficient (Wildman–Crippen LogP) is -0.390. The quantitative estimate of drug-likeness (QED) is 0.594. The lowest BCUT2D eigenvalue weighted by atomic mass is 10.3. The first-order chi connectivity index (χ1) is 8.71. The molecule has 1 aromatic carbocycles. The van der Waals surface area contributed by atoms with Crippen LogP contribution in [0.2, 0.25) is 0 Å². The van der Waals surface area contributed by atoms with Crippen molar-refractivity contribution in [2.24, 2.45) is 0 Å². The topological polar surface area (TPSA) is 113 Å². The second kappa shape index (κ2) is 6.33. The van der Waals surface area contributed by atoms with Crippen LogP contribution in [0, 0.1) is 0 Å². The van der Waals surface area contributed by atoms with E-state index in [1.807, 2.05) is 0 Å². The normalized spacial score (nSPS) is 12.5. The molecule has 0 radical (unpaired) electrons. The van der Waals surface area contributed by atoms with Crippen molar-refractivity contribution < 1.29 is 21.9 Å². The molecule has 19 heavy (non-hydrogen) atoms. The molecule has 0 bridgehead atoms. The van der Waals surface area contributed by atoms with Crippen LogP contribution < -0.4 is 9.44 Å². The maximum atomic E-state index is 11.8. The van der Waals surface area contributed by atoms with Gasteiger partial charge in [-0.3, -0.25) is 0 Å². The fourth-order valence-corrected chi connectivity index (χ4v) is 2.85. The van der Waals surface area contributed by atoms with Gasteiger partial charge in [0.2, 0.25) is 20.0 Å². The highest BCUT2D eigenvalue weighted by Crippen LogP contribution is 2.13. The second-order valence-corrected chi connectivity index (χ2v) is 7.51. The Labute approximate surface area is 112 Å². The minimum Gasteiger partial charge on any atom is -0.508 e. The Morgan fingerprint density at radius 3 is 2.05 bits per heavy atom. The summed E-state index contributed by atoms with van der Waals surface area (Å²) in [6.07, 6.45) is 1.37. The van der Waals surface area contributed by atoms with Gasteiger partial charge in [-0.1, -0.05) is 0 Å². The SMILES string of the molecule is CS(=O)(=O)NCCCNS(=O)(=O)c1ccc(O)cc1. The molecule has 0 aliphatic rings. The maximum Gasteiger partial charge on any atom is 0.240 e. The summed E-state index contributed by atoms with van der Waals surface area (Å²) in [6.45, 7) is 0.280. The van der Waals surface area contributed by atoms with Gasteiger partial charge in [-0.15, -0.1) is 0 Å². The Morgan fingerprint density at radius 1 is 1.00 bits per heavy atom. The van der Waals surface area contributed by atoms with Gasteiger partial charge in [-0.2, -0.15) is 0 Å². The number of aromatic hydroxyl groups is 1. The van der Waals surface area contributed by atoms with Crippen LogP contribution >= 0.6 is 0 Å². The first-order valence-corrected chi connectivity index (χ1v) is 8.81. The summed E-state index contributed by atoms with van der Waals surface area (Å²) in [7, 11) is -6.88. The van der Waals surface area contributed by atoms with Gasteiger partial charge >= 0.3 is 0 Å². The lowest BCUT2D eigenvalue weighted by molar-refractivity contribution is 0.474. The van der Waals surface area contributed by atoms with Gasteiger partial charge in [0.05, 0.1) is 11.2 Å². The molecule has 0 aliphatic carbocycles. The van der Waals surface area contributed by atoms with Crippen LogP contribution in [0.4, 0.5) is 0 Å². The van der Waals surface area contributed by atoms with Crippen LogP contribution in [-0.4, -0.2) is 41.3 Å². The van der Waals surface area contributed by atoms with E-state index in [9.17, 15) is 16.8 Å². The zero-order valence-corrected chi connectivity index (χ0v) is 12.0. The lowest BCUT2D eigenvalue weighted by Crippen LogP contribution is -2.29. The Kier molecular flexibility index (Phi) is 5.29. The molecule has 0 amide bonds. The Balaban J connectivity index is 2.46. The van der Waals surface area contributed by atoms with Crippen molar-refractivity contribution in [3.05, 3.63) is 24.3 Å². The summed E-state index contributed by atoms with van der Waals surface area (Å²) < 4.78 is 49.7. The van der Waals surface area contributed by atoms with Crippen molar-refractivity contribution in [2.45, 2.75) is 11.3 Å². The molecule has 0 fully saturated rings. The zero-order chi connectivity index (χ0) is 14.5. The minimum atomic E-state index is -3.63. The number of phenolic OH excluding ortho intramolecular Hbond substituents is 1.